The third kappa shape index (κ3) is 3.11. The van der Waals surface area contributed by atoms with E-state index in [9.17, 15) is 8.42 Å². The monoisotopic (exact) mass is 318 g/mol. The van der Waals surface area contributed by atoms with Gasteiger partial charge in [-0.3, -0.25) is 0 Å². The van der Waals surface area contributed by atoms with E-state index in [4.69, 9.17) is 0 Å². The lowest BCUT2D eigenvalue weighted by atomic mass is 10.2. The maximum absolute atomic E-state index is 12.1. The van der Waals surface area contributed by atoms with Crippen LogP contribution in [0.2, 0.25) is 0 Å². The van der Waals surface area contributed by atoms with Gasteiger partial charge in [-0.05, 0) is 24.6 Å². The Labute approximate surface area is 128 Å². The summed E-state index contributed by atoms with van der Waals surface area (Å²) in [5.41, 5.74) is 2.92. The summed E-state index contributed by atoms with van der Waals surface area (Å²) in [7, 11) is -3.60. The molecular formula is C15H14N2O2S2. The molecule has 21 heavy (non-hydrogen) atoms. The van der Waals surface area contributed by atoms with Gasteiger partial charge in [-0.1, -0.05) is 53.7 Å². The lowest BCUT2D eigenvalue weighted by Crippen LogP contribution is -2.18. The molecule has 1 N–H and O–H groups in total. The molecule has 0 unspecified atom stereocenters. The van der Waals surface area contributed by atoms with Gasteiger partial charge in [-0.2, -0.15) is 8.42 Å². The summed E-state index contributed by atoms with van der Waals surface area (Å²) in [6, 6.07) is 14.9. The first-order valence-corrected chi connectivity index (χ1v) is 8.86. The Morgan fingerprint density at radius 1 is 1.10 bits per heavy atom. The molecule has 0 saturated heterocycles. The van der Waals surface area contributed by atoms with Crippen LogP contribution >= 0.6 is 11.8 Å². The summed E-state index contributed by atoms with van der Waals surface area (Å²) in [4.78, 5) is 0.227. The van der Waals surface area contributed by atoms with Crippen LogP contribution in [-0.2, 0) is 15.8 Å². The lowest BCUT2D eigenvalue weighted by molar-refractivity contribution is 0.598. The van der Waals surface area contributed by atoms with E-state index < -0.39 is 10.0 Å². The number of para-hydroxylation sites is 1. The standard InChI is InChI=1S/C15H14N2O2S2/c1-11-6-8-12(9-7-11)10-20-15-16-13-4-2-3-5-14(13)21(18,19)17-15/h2-9H,10H2,1H3,(H,16,17). The summed E-state index contributed by atoms with van der Waals surface area (Å²) < 4.78 is 28.0. The fourth-order valence-electron chi connectivity index (χ4n) is 1.99. The van der Waals surface area contributed by atoms with Crippen molar-refractivity contribution in [2.75, 3.05) is 5.32 Å². The van der Waals surface area contributed by atoms with Crippen molar-refractivity contribution in [2.24, 2.45) is 4.40 Å². The summed E-state index contributed by atoms with van der Waals surface area (Å²) in [6.07, 6.45) is 0. The topological polar surface area (TPSA) is 58.5 Å². The molecule has 0 spiro atoms. The Bertz CT molecular complexity index is 797. The van der Waals surface area contributed by atoms with Gasteiger partial charge < -0.3 is 5.32 Å². The SMILES string of the molecule is Cc1ccc(CSC2=NS(=O)(=O)c3ccccc3N2)cc1. The fourth-order valence-corrected chi connectivity index (χ4v) is 4.18. The molecule has 0 atom stereocenters. The third-order valence-corrected chi connectivity index (χ3v) is 5.50. The Kier molecular flexibility index (Phi) is 3.73. The molecular weight excluding hydrogens is 304 g/mol. The molecule has 6 heteroatoms. The van der Waals surface area contributed by atoms with E-state index in [0.717, 1.165) is 5.56 Å². The largest absolute Gasteiger partial charge is 0.333 e. The van der Waals surface area contributed by atoms with E-state index in [-0.39, 0.29) is 4.90 Å². The average Bonchev–Trinajstić information content (AvgIpc) is 2.46. The summed E-state index contributed by atoms with van der Waals surface area (Å²) in [6.45, 7) is 2.03. The van der Waals surface area contributed by atoms with E-state index in [1.54, 1.807) is 24.3 Å². The number of nitrogens with one attached hydrogen (secondary N) is 1. The van der Waals surface area contributed by atoms with E-state index in [1.807, 2.05) is 31.2 Å². The van der Waals surface area contributed by atoms with Gasteiger partial charge in [0.05, 0.1) is 5.69 Å². The predicted molar refractivity (Wildman–Crippen MR) is 87.2 cm³/mol. The minimum atomic E-state index is -3.60. The van der Waals surface area contributed by atoms with Crippen LogP contribution in [0.5, 0.6) is 0 Å². The van der Waals surface area contributed by atoms with Crippen LogP contribution in [0.3, 0.4) is 0 Å². The highest BCUT2D eigenvalue weighted by atomic mass is 32.2. The Hall–Kier alpha value is -1.79. The highest BCUT2D eigenvalue weighted by Crippen LogP contribution is 2.29. The number of rotatable bonds is 2. The quantitative estimate of drug-likeness (QED) is 0.922. The first-order valence-electron chi connectivity index (χ1n) is 6.44. The molecule has 0 bridgehead atoms. The van der Waals surface area contributed by atoms with Gasteiger partial charge in [0.15, 0.2) is 5.17 Å². The highest BCUT2D eigenvalue weighted by molar-refractivity contribution is 8.14. The Balaban J connectivity index is 1.79. The zero-order valence-electron chi connectivity index (χ0n) is 11.4. The summed E-state index contributed by atoms with van der Waals surface area (Å²) >= 11 is 1.38. The molecule has 3 rings (SSSR count). The van der Waals surface area contributed by atoms with Gasteiger partial charge in [-0.15, -0.1) is 4.40 Å². The molecule has 2 aromatic rings. The predicted octanol–water partition coefficient (Wildman–Crippen LogP) is 3.40. The summed E-state index contributed by atoms with van der Waals surface area (Å²) in [5.74, 6) is 0.670. The van der Waals surface area contributed by atoms with Gasteiger partial charge in [0, 0.05) is 5.75 Å². The van der Waals surface area contributed by atoms with Crippen LogP contribution in [-0.4, -0.2) is 13.6 Å². The van der Waals surface area contributed by atoms with Gasteiger partial charge in [0.1, 0.15) is 4.90 Å². The van der Waals surface area contributed by atoms with Crippen molar-refractivity contribution in [1.29, 1.82) is 0 Å². The molecule has 0 saturated carbocycles. The number of aryl methyl sites for hydroxylation is 1. The smallest absolute Gasteiger partial charge is 0.286 e. The van der Waals surface area contributed by atoms with Gasteiger partial charge in [-0.25, -0.2) is 0 Å². The zero-order chi connectivity index (χ0) is 14.9. The van der Waals surface area contributed by atoms with Crippen LogP contribution in [0.1, 0.15) is 11.1 Å². The maximum Gasteiger partial charge on any atom is 0.286 e. The Morgan fingerprint density at radius 3 is 2.57 bits per heavy atom. The molecule has 4 nitrogen and oxygen atoms in total. The second-order valence-electron chi connectivity index (χ2n) is 4.77. The van der Waals surface area contributed by atoms with Crippen molar-refractivity contribution in [3.63, 3.8) is 0 Å². The molecule has 0 aliphatic carbocycles. The second kappa shape index (κ2) is 5.54. The molecule has 1 aliphatic rings. The van der Waals surface area contributed by atoms with Gasteiger partial charge >= 0.3 is 0 Å². The number of nitrogens with zero attached hydrogens (tertiary/aromatic N) is 1. The van der Waals surface area contributed by atoms with E-state index in [1.165, 1.54) is 17.3 Å². The van der Waals surface area contributed by atoms with Crippen LogP contribution < -0.4 is 5.32 Å². The molecule has 2 aromatic carbocycles. The molecule has 0 fully saturated rings. The highest BCUT2D eigenvalue weighted by Gasteiger charge is 2.24. The van der Waals surface area contributed by atoms with Crippen molar-refractivity contribution < 1.29 is 8.42 Å². The van der Waals surface area contributed by atoms with Crippen molar-refractivity contribution in [3.05, 3.63) is 59.7 Å². The first-order chi connectivity index (χ1) is 10.0. The van der Waals surface area contributed by atoms with Crippen molar-refractivity contribution in [1.82, 2.24) is 0 Å². The molecule has 0 amide bonds. The number of sulfonamides is 1. The van der Waals surface area contributed by atoms with E-state index >= 15 is 0 Å². The number of fused-ring (bicyclic) bond motifs is 1. The van der Waals surface area contributed by atoms with Crippen LogP contribution in [0, 0.1) is 6.92 Å². The number of thioether (sulfide) groups is 1. The van der Waals surface area contributed by atoms with E-state index in [2.05, 4.69) is 9.71 Å². The summed E-state index contributed by atoms with van der Waals surface area (Å²) in [5, 5.41) is 3.48. The third-order valence-electron chi connectivity index (χ3n) is 3.11. The lowest BCUT2D eigenvalue weighted by Gasteiger charge is -2.17. The van der Waals surface area contributed by atoms with Crippen molar-refractivity contribution >= 4 is 32.6 Å². The molecule has 0 aromatic heterocycles. The number of hydrogen-bond acceptors (Lipinski definition) is 4. The fraction of sp³-hybridized carbons (Fsp3) is 0.133. The van der Waals surface area contributed by atoms with Crippen molar-refractivity contribution in [2.45, 2.75) is 17.6 Å². The minimum Gasteiger partial charge on any atom is -0.333 e. The van der Waals surface area contributed by atoms with Crippen LogP contribution in [0.15, 0.2) is 57.8 Å². The van der Waals surface area contributed by atoms with Crippen LogP contribution in [0.4, 0.5) is 5.69 Å². The molecule has 1 aliphatic heterocycles. The molecule has 0 radical (unpaired) electrons. The molecule has 108 valence electrons. The van der Waals surface area contributed by atoms with Crippen LogP contribution in [0.25, 0.3) is 0 Å². The Morgan fingerprint density at radius 2 is 1.81 bits per heavy atom. The van der Waals surface area contributed by atoms with Crippen molar-refractivity contribution in [3.8, 4) is 0 Å². The number of hydrogen-bond donors (Lipinski definition) is 1. The number of amidine groups is 1. The normalized spacial score (nSPS) is 15.8. The number of benzene rings is 2. The number of anilines is 1. The zero-order valence-corrected chi connectivity index (χ0v) is 13.0. The van der Waals surface area contributed by atoms with Gasteiger partial charge in [0.2, 0.25) is 0 Å². The van der Waals surface area contributed by atoms with E-state index in [0.29, 0.717) is 16.6 Å². The average molecular weight is 318 g/mol. The minimum absolute atomic E-state index is 0.227. The molecule has 1 heterocycles. The van der Waals surface area contributed by atoms with Gasteiger partial charge in [0.25, 0.3) is 10.0 Å². The first kappa shape index (κ1) is 14.2. The maximum atomic E-state index is 12.1. The second-order valence-corrected chi connectivity index (χ2v) is 7.30.